The third-order valence-electron chi connectivity index (χ3n) is 3.92. The molecule has 0 saturated carbocycles. The van der Waals surface area contributed by atoms with E-state index in [-0.39, 0.29) is 11.6 Å². The fourth-order valence-electron chi connectivity index (χ4n) is 2.84. The maximum atomic E-state index is 13.1. The molecule has 0 bridgehead atoms. The van der Waals surface area contributed by atoms with Gasteiger partial charge in [-0.15, -0.1) is 23.5 Å². The number of carbonyl (C=O) groups excluding carboxylic acids is 2. The van der Waals surface area contributed by atoms with Crippen LogP contribution in [0, 0.1) is 0 Å². The van der Waals surface area contributed by atoms with Crippen LogP contribution in [0.5, 0.6) is 0 Å². The molecule has 0 heterocycles. The quantitative estimate of drug-likeness (QED) is 0.549. The van der Waals surface area contributed by atoms with Crippen molar-refractivity contribution in [3.05, 3.63) is 58.7 Å². The molecule has 0 aliphatic heterocycles. The summed E-state index contributed by atoms with van der Waals surface area (Å²) in [6.45, 7) is 4.23. The predicted octanol–water partition coefficient (Wildman–Crippen LogP) is 5.47. The van der Waals surface area contributed by atoms with E-state index in [2.05, 4.69) is 13.8 Å². The average Bonchev–Trinajstić information content (AvgIpc) is 2.62. The highest BCUT2D eigenvalue weighted by Crippen LogP contribution is 2.37. The van der Waals surface area contributed by atoms with Crippen molar-refractivity contribution in [3.63, 3.8) is 0 Å². The molecule has 0 saturated heterocycles. The first-order valence-electron chi connectivity index (χ1n) is 8.30. The Balaban J connectivity index is 2.11. The molecule has 2 aromatic carbocycles. The monoisotopic (exact) mass is 356 g/mol. The first-order chi connectivity index (χ1) is 11.7. The van der Waals surface area contributed by atoms with Crippen LogP contribution in [0.2, 0.25) is 0 Å². The summed E-state index contributed by atoms with van der Waals surface area (Å²) in [5.41, 5.74) is 2.29. The lowest BCUT2D eigenvalue weighted by Gasteiger charge is -2.21. The molecular weight excluding hydrogens is 336 g/mol. The zero-order chi connectivity index (χ0) is 17.1. The van der Waals surface area contributed by atoms with Crippen LogP contribution in [0.1, 0.15) is 58.5 Å². The minimum Gasteiger partial charge on any atom is -0.289 e. The minimum absolute atomic E-state index is 0.0160. The van der Waals surface area contributed by atoms with Gasteiger partial charge in [0, 0.05) is 32.0 Å². The van der Waals surface area contributed by atoms with Crippen LogP contribution in [-0.4, -0.2) is 23.1 Å². The van der Waals surface area contributed by atoms with E-state index in [1.54, 1.807) is 35.7 Å². The number of carbonyl (C=O) groups is 2. The second-order valence-corrected chi connectivity index (χ2v) is 7.99. The third kappa shape index (κ3) is 3.05. The molecule has 0 aromatic heterocycles. The summed E-state index contributed by atoms with van der Waals surface area (Å²) < 4.78 is 0. The molecule has 3 rings (SSSR count). The van der Waals surface area contributed by atoms with Gasteiger partial charge in [-0.2, -0.15) is 0 Å². The van der Waals surface area contributed by atoms with E-state index in [1.807, 2.05) is 24.3 Å². The number of rotatable bonds is 6. The summed E-state index contributed by atoms with van der Waals surface area (Å²) in [6, 6.07) is 11.2. The SMILES string of the molecule is CCCSc1cccc2c1C(=O)c1cccc(SCCC)c1C2=O. The molecule has 24 heavy (non-hydrogen) atoms. The molecule has 1 aliphatic carbocycles. The van der Waals surface area contributed by atoms with Gasteiger partial charge in [0.15, 0.2) is 11.6 Å². The van der Waals surface area contributed by atoms with E-state index in [4.69, 9.17) is 0 Å². The van der Waals surface area contributed by atoms with Crippen molar-refractivity contribution in [2.75, 3.05) is 11.5 Å². The van der Waals surface area contributed by atoms with Crippen molar-refractivity contribution in [3.8, 4) is 0 Å². The van der Waals surface area contributed by atoms with Crippen molar-refractivity contribution in [2.24, 2.45) is 0 Å². The Labute approximate surface area is 151 Å². The molecule has 0 radical (unpaired) electrons. The molecule has 2 nitrogen and oxygen atoms in total. The molecule has 0 atom stereocenters. The molecule has 1 aliphatic rings. The zero-order valence-corrected chi connectivity index (χ0v) is 15.6. The Morgan fingerprint density at radius 3 is 1.50 bits per heavy atom. The highest BCUT2D eigenvalue weighted by Gasteiger charge is 2.33. The van der Waals surface area contributed by atoms with E-state index in [0.29, 0.717) is 22.3 Å². The summed E-state index contributed by atoms with van der Waals surface area (Å²) in [5.74, 6) is 1.85. The molecule has 4 heteroatoms. The van der Waals surface area contributed by atoms with Crippen molar-refractivity contribution in [1.82, 2.24) is 0 Å². The number of benzene rings is 2. The standard InChI is InChI=1S/C20H20O2S2/c1-3-11-23-15-9-5-7-13-17(15)19(21)14-8-6-10-16(24-12-4-2)18(14)20(13)22/h5-10H,3-4,11-12H2,1-2H3. The second kappa shape index (κ2) is 7.58. The number of fused-ring (bicyclic) bond motifs is 2. The van der Waals surface area contributed by atoms with E-state index in [1.165, 1.54) is 0 Å². The summed E-state index contributed by atoms with van der Waals surface area (Å²) in [7, 11) is 0. The largest absolute Gasteiger partial charge is 0.289 e. The fourth-order valence-corrected chi connectivity index (χ4v) is 4.73. The summed E-state index contributed by atoms with van der Waals surface area (Å²) in [6.07, 6.45) is 2.07. The van der Waals surface area contributed by atoms with Gasteiger partial charge in [-0.1, -0.05) is 38.1 Å². The average molecular weight is 357 g/mol. The van der Waals surface area contributed by atoms with Gasteiger partial charge in [-0.05, 0) is 36.5 Å². The Hall–Kier alpha value is -1.52. The number of ketones is 2. The second-order valence-electron chi connectivity index (χ2n) is 5.71. The third-order valence-corrected chi connectivity index (χ3v) is 6.45. The normalized spacial score (nSPS) is 12.9. The van der Waals surface area contributed by atoms with Crippen molar-refractivity contribution < 1.29 is 9.59 Å². The van der Waals surface area contributed by atoms with Gasteiger partial charge in [0.25, 0.3) is 0 Å². The highest BCUT2D eigenvalue weighted by molar-refractivity contribution is 7.99. The summed E-state index contributed by atoms with van der Waals surface area (Å²) in [4.78, 5) is 28.0. The van der Waals surface area contributed by atoms with Gasteiger partial charge >= 0.3 is 0 Å². The van der Waals surface area contributed by atoms with Crippen LogP contribution in [-0.2, 0) is 0 Å². The lowest BCUT2D eigenvalue weighted by molar-refractivity contribution is 0.0974. The lowest BCUT2D eigenvalue weighted by atomic mass is 9.84. The first-order valence-corrected chi connectivity index (χ1v) is 10.3. The fraction of sp³-hybridized carbons (Fsp3) is 0.300. The smallest absolute Gasteiger partial charge is 0.195 e. The van der Waals surface area contributed by atoms with Crippen molar-refractivity contribution in [1.29, 1.82) is 0 Å². The van der Waals surface area contributed by atoms with Crippen LogP contribution in [0.15, 0.2) is 46.2 Å². The maximum absolute atomic E-state index is 13.1. The Morgan fingerprint density at radius 2 is 1.12 bits per heavy atom. The van der Waals surface area contributed by atoms with Crippen LogP contribution >= 0.6 is 23.5 Å². The van der Waals surface area contributed by atoms with E-state index >= 15 is 0 Å². The Bertz CT molecular complexity index is 729. The van der Waals surface area contributed by atoms with Crippen molar-refractivity contribution >= 4 is 35.1 Å². The molecular formula is C20H20O2S2. The van der Waals surface area contributed by atoms with Gasteiger partial charge in [-0.25, -0.2) is 0 Å². The molecule has 0 fully saturated rings. The van der Waals surface area contributed by atoms with E-state index < -0.39 is 0 Å². The lowest BCUT2D eigenvalue weighted by Crippen LogP contribution is -2.22. The maximum Gasteiger partial charge on any atom is 0.195 e. The molecule has 0 amide bonds. The van der Waals surface area contributed by atoms with Crippen LogP contribution in [0.3, 0.4) is 0 Å². The van der Waals surface area contributed by atoms with Crippen LogP contribution in [0.4, 0.5) is 0 Å². The van der Waals surface area contributed by atoms with Gasteiger partial charge < -0.3 is 0 Å². The number of hydrogen-bond acceptors (Lipinski definition) is 4. The molecule has 0 spiro atoms. The minimum atomic E-state index is -0.0160. The highest BCUT2D eigenvalue weighted by atomic mass is 32.2. The van der Waals surface area contributed by atoms with Gasteiger partial charge in [0.05, 0.1) is 0 Å². The summed E-state index contributed by atoms with van der Waals surface area (Å²) in [5, 5.41) is 0. The topological polar surface area (TPSA) is 34.1 Å². The van der Waals surface area contributed by atoms with Gasteiger partial charge in [0.2, 0.25) is 0 Å². The molecule has 124 valence electrons. The van der Waals surface area contributed by atoms with Crippen LogP contribution in [0.25, 0.3) is 0 Å². The van der Waals surface area contributed by atoms with Crippen LogP contribution < -0.4 is 0 Å². The van der Waals surface area contributed by atoms with Gasteiger partial charge in [0.1, 0.15) is 0 Å². The Morgan fingerprint density at radius 1 is 0.708 bits per heavy atom. The summed E-state index contributed by atoms with van der Waals surface area (Å²) >= 11 is 3.31. The van der Waals surface area contributed by atoms with Crippen molar-refractivity contribution in [2.45, 2.75) is 36.5 Å². The Kier molecular flexibility index (Phi) is 5.47. The number of thioether (sulfide) groups is 2. The first kappa shape index (κ1) is 17.3. The molecule has 0 unspecified atom stereocenters. The van der Waals surface area contributed by atoms with Gasteiger partial charge in [-0.3, -0.25) is 9.59 Å². The molecule has 0 N–H and O–H groups in total. The number of hydrogen-bond donors (Lipinski definition) is 0. The molecule has 2 aromatic rings. The van der Waals surface area contributed by atoms with E-state index in [9.17, 15) is 9.59 Å². The predicted molar refractivity (Wildman–Crippen MR) is 102 cm³/mol. The zero-order valence-electron chi connectivity index (χ0n) is 13.9. The van der Waals surface area contributed by atoms with E-state index in [0.717, 1.165) is 34.1 Å².